The van der Waals surface area contributed by atoms with Crippen LogP contribution >= 0.6 is 24.8 Å². The summed E-state index contributed by atoms with van der Waals surface area (Å²) in [6, 6.07) is 7.62. The lowest BCUT2D eigenvalue weighted by atomic mass is 10.3. The van der Waals surface area contributed by atoms with E-state index in [0.717, 1.165) is 30.6 Å². The topological polar surface area (TPSA) is 67.2 Å². The number of carbonyl (C=O) groups is 1. The highest BCUT2D eigenvalue weighted by Crippen LogP contribution is 2.15. The number of fused-ring (bicyclic) bond motifs is 1. The zero-order valence-electron chi connectivity index (χ0n) is 12.6. The van der Waals surface area contributed by atoms with Gasteiger partial charge in [0.2, 0.25) is 5.91 Å². The van der Waals surface area contributed by atoms with Crippen molar-refractivity contribution in [2.45, 2.75) is 26.2 Å². The van der Waals surface area contributed by atoms with Crippen molar-refractivity contribution >= 4 is 41.8 Å². The van der Waals surface area contributed by atoms with Gasteiger partial charge in [0, 0.05) is 25.9 Å². The number of carbonyl (C=O) groups excluding carboxylic acids is 1. The van der Waals surface area contributed by atoms with Crippen LogP contribution in [0.1, 0.15) is 25.7 Å². The van der Waals surface area contributed by atoms with Crippen LogP contribution in [0.15, 0.2) is 28.7 Å². The number of benzene rings is 1. The van der Waals surface area contributed by atoms with Crippen LogP contribution in [0.3, 0.4) is 0 Å². The van der Waals surface area contributed by atoms with Crippen molar-refractivity contribution in [3.63, 3.8) is 0 Å². The molecule has 1 aromatic heterocycles. The number of halogens is 2. The zero-order chi connectivity index (χ0) is 14.2. The van der Waals surface area contributed by atoms with Gasteiger partial charge in [0.15, 0.2) is 11.5 Å². The molecule has 1 amide bonds. The summed E-state index contributed by atoms with van der Waals surface area (Å²) in [4.78, 5) is 16.0. The molecular formula is C15H23Cl2N3O2. The van der Waals surface area contributed by atoms with Crippen molar-refractivity contribution in [3.05, 3.63) is 30.2 Å². The SMILES string of the molecule is CCCNCCNC(=O)CCc1nc2ccccc2o1.Cl.Cl. The quantitative estimate of drug-likeness (QED) is 0.720. The van der Waals surface area contributed by atoms with Gasteiger partial charge in [0.05, 0.1) is 0 Å². The number of rotatable bonds is 8. The third kappa shape index (κ3) is 6.64. The molecule has 0 aliphatic carbocycles. The highest BCUT2D eigenvalue weighted by molar-refractivity contribution is 5.85. The Morgan fingerprint density at radius 3 is 2.68 bits per heavy atom. The maximum Gasteiger partial charge on any atom is 0.220 e. The number of aromatic nitrogens is 1. The van der Waals surface area contributed by atoms with E-state index in [1.54, 1.807) is 0 Å². The smallest absolute Gasteiger partial charge is 0.220 e. The normalized spacial score (nSPS) is 9.86. The van der Waals surface area contributed by atoms with Gasteiger partial charge in [-0.1, -0.05) is 19.1 Å². The Labute approximate surface area is 143 Å². The number of hydrogen-bond donors (Lipinski definition) is 2. The van der Waals surface area contributed by atoms with Crippen LogP contribution in [0.25, 0.3) is 11.1 Å². The third-order valence-electron chi connectivity index (χ3n) is 2.95. The third-order valence-corrected chi connectivity index (χ3v) is 2.95. The number of hydrogen-bond acceptors (Lipinski definition) is 4. The molecule has 1 heterocycles. The first kappa shape index (κ1) is 20.7. The van der Waals surface area contributed by atoms with E-state index in [-0.39, 0.29) is 30.7 Å². The molecule has 0 aliphatic heterocycles. The number of para-hydroxylation sites is 2. The number of nitrogens with one attached hydrogen (secondary N) is 2. The standard InChI is InChI=1S/C15H21N3O2.2ClH/c1-2-9-16-10-11-17-14(19)7-8-15-18-12-5-3-4-6-13(12)20-15;;/h3-6,16H,2,7-11H2,1H3,(H,17,19);2*1H. The van der Waals surface area contributed by atoms with E-state index < -0.39 is 0 Å². The van der Waals surface area contributed by atoms with E-state index in [0.29, 0.717) is 25.3 Å². The highest BCUT2D eigenvalue weighted by Gasteiger charge is 2.07. The van der Waals surface area contributed by atoms with E-state index in [9.17, 15) is 4.79 Å². The van der Waals surface area contributed by atoms with Gasteiger partial charge < -0.3 is 15.1 Å². The second-order valence-electron chi connectivity index (χ2n) is 4.68. The van der Waals surface area contributed by atoms with Crippen molar-refractivity contribution in [3.8, 4) is 0 Å². The molecule has 5 nitrogen and oxygen atoms in total. The van der Waals surface area contributed by atoms with E-state index in [1.807, 2.05) is 24.3 Å². The molecule has 124 valence electrons. The Morgan fingerprint density at radius 2 is 1.95 bits per heavy atom. The Bertz CT molecular complexity index is 527. The van der Waals surface area contributed by atoms with Crippen molar-refractivity contribution in [1.29, 1.82) is 0 Å². The molecule has 0 radical (unpaired) electrons. The summed E-state index contributed by atoms with van der Waals surface area (Å²) in [7, 11) is 0. The Kier molecular flexibility index (Phi) is 10.6. The average Bonchev–Trinajstić information content (AvgIpc) is 2.88. The molecule has 7 heteroatoms. The maximum absolute atomic E-state index is 11.7. The molecule has 0 bridgehead atoms. The van der Waals surface area contributed by atoms with E-state index in [4.69, 9.17) is 4.42 Å². The van der Waals surface area contributed by atoms with Crippen LogP contribution in [0.2, 0.25) is 0 Å². The van der Waals surface area contributed by atoms with Gasteiger partial charge in [-0.2, -0.15) is 0 Å². The highest BCUT2D eigenvalue weighted by atomic mass is 35.5. The number of oxazole rings is 1. The van der Waals surface area contributed by atoms with Gasteiger partial charge in [-0.25, -0.2) is 4.98 Å². The van der Waals surface area contributed by atoms with Crippen LogP contribution in [0.4, 0.5) is 0 Å². The second-order valence-corrected chi connectivity index (χ2v) is 4.68. The average molecular weight is 348 g/mol. The number of nitrogens with zero attached hydrogens (tertiary/aromatic N) is 1. The largest absolute Gasteiger partial charge is 0.441 e. The molecule has 0 aliphatic rings. The van der Waals surface area contributed by atoms with E-state index in [1.165, 1.54) is 0 Å². The molecule has 0 unspecified atom stereocenters. The first-order valence-corrected chi connectivity index (χ1v) is 7.11. The Hall–Kier alpha value is -1.30. The fourth-order valence-corrected chi connectivity index (χ4v) is 1.93. The predicted molar refractivity (Wildman–Crippen MR) is 93.0 cm³/mol. The number of aryl methyl sites for hydroxylation is 1. The van der Waals surface area contributed by atoms with Crippen LogP contribution in [0, 0.1) is 0 Å². The minimum Gasteiger partial charge on any atom is -0.441 e. The minimum atomic E-state index is 0. The first-order chi connectivity index (χ1) is 9.79. The van der Waals surface area contributed by atoms with Crippen molar-refractivity contribution in [2.24, 2.45) is 0 Å². The summed E-state index contributed by atoms with van der Waals surface area (Å²) in [5.74, 6) is 0.649. The van der Waals surface area contributed by atoms with Gasteiger partial charge in [-0.15, -0.1) is 24.8 Å². The molecule has 2 rings (SSSR count). The molecule has 0 spiro atoms. The van der Waals surface area contributed by atoms with Gasteiger partial charge in [0.25, 0.3) is 0 Å². The molecule has 2 N–H and O–H groups in total. The Balaban J connectivity index is 0.00000220. The summed E-state index contributed by atoms with van der Waals surface area (Å²) in [5, 5.41) is 6.11. The molecule has 1 aromatic carbocycles. The lowest BCUT2D eigenvalue weighted by Crippen LogP contribution is -2.32. The van der Waals surface area contributed by atoms with Crippen molar-refractivity contribution < 1.29 is 9.21 Å². The molecular weight excluding hydrogens is 325 g/mol. The van der Waals surface area contributed by atoms with Crippen LogP contribution < -0.4 is 10.6 Å². The van der Waals surface area contributed by atoms with Gasteiger partial charge in [-0.05, 0) is 25.1 Å². The molecule has 0 saturated carbocycles. The zero-order valence-corrected chi connectivity index (χ0v) is 14.3. The fraction of sp³-hybridized carbons (Fsp3) is 0.467. The first-order valence-electron chi connectivity index (χ1n) is 7.11. The molecule has 0 fully saturated rings. The van der Waals surface area contributed by atoms with Gasteiger partial charge in [-0.3, -0.25) is 4.79 Å². The molecule has 0 saturated heterocycles. The summed E-state index contributed by atoms with van der Waals surface area (Å²) in [6.07, 6.45) is 2.04. The molecule has 0 atom stereocenters. The van der Waals surface area contributed by atoms with Crippen molar-refractivity contribution in [1.82, 2.24) is 15.6 Å². The molecule has 22 heavy (non-hydrogen) atoms. The number of amides is 1. The summed E-state index contributed by atoms with van der Waals surface area (Å²) in [6.45, 7) is 4.57. The minimum absolute atomic E-state index is 0. The predicted octanol–water partition coefficient (Wildman–Crippen LogP) is 2.72. The fourth-order valence-electron chi connectivity index (χ4n) is 1.93. The van der Waals surface area contributed by atoms with Gasteiger partial charge in [0.1, 0.15) is 5.52 Å². The van der Waals surface area contributed by atoms with E-state index >= 15 is 0 Å². The van der Waals surface area contributed by atoms with Gasteiger partial charge >= 0.3 is 0 Å². The Morgan fingerprint density at radius 1 is 1.18 bits per heavy atom. The monoisotopic (exact) mass is 347 g/mol. The summed E-state index contributed by atoms with van der Waals surface area (Å²) >= 11 is 0. The maximum atomic E-state index is 11.7. The summed E-state index contributed by atoms with van der Waals surface area (Å²) in [5.41, 5.74) is 1.61. The molecule has 2 aromatic rings. The van der Waals surface area contributed by atoms with E-state index in [2.05, 4.69) is 22.5 Å². The summed E-state index contributed by atoms with van der Waals surface area (Å²) < 4.78 is 5.57. The lowest BCUT2D eigenvalue weighted by Gasteiger charge is -2.05. The van der Waals surface area contributed by atoms with Crippen LogP contribution in [-0.4, -0.2) is 30.5 Å². The van der Waals surface area contributed by atoms with Crippen LogP contribution in [0.5, 0.6) is 0 Å². The van der Waals surface area contributed by atoms with Crippen LogP contribution in [-0.2, 0) is 11.2 Å². The lowest BCUT2D eigenvalue weighted by molar-refractivity contribution is -0.121. The second kappa shape index (κ2) is 11.3. The van der Waals surface area contributed by atoms with Crippen molar-refractivity contribution in [2.75, 3.05) is 19.6 Å².